The van der Waals surface area contributed by atoms with E-state index in [1.807, 2.05) is 37.3 Å². The van der Waals surface area contributed by atoms with Gasteiger partial charge in [-0.05, 0) is 36.8 Å². The Morgan fingerprint density at radius 3 is 2.88 bits per heavy atom. The first-order valence-electron chi connectivity index (χ1n) is 8.34. The minimum atomic E-state index is -0.722. The quantitative estimate of drug-likeness (QED) is 0.475. The van der Waals surface area contributed by atoms with Crippen LogP contribution in [0.2, 0.25) is 0 Å². The highest BCUT2D eigenvalue weighted by Gasteiger charge is 2.11. The molecular formula is C19H22N4O2. The van der Waals surface area contributed by atoms with Crippen LogP contribution in [0.5, 0.6) is 0 Å². The molecular weight excluding hydrogens is 316 g/mol. The topological polar surface area (TPSA) is 82.7 Å². The molecule has 0 aliphatic carbocycles. The Morgan fingerprint density at radius 1 is 1.20 bits per heavy atom. The van der Waals surface area contributed by atoms with E-state index in [1.165, 1.54) is 0 Å². The van der Waals surface area contributed by atoms with Crippen molar-refractivity contribution in [2.45, 2.75) is 19.6 Å². The number of furan rings is 1. The number of para-hydroxylation sites is 1. The summed E-state index contributed by atoms with van der Waals surface area (Å²) >= 11 is 0. The van der Waals surface area contributed by atoms with Crippen molar-refractivity contribution in [3.8, 4) is 0 Å². The fourth-order valence-electron chi connectivity index (χ4n) is 2.57. The SMILES string of the molecule is CCNC(=NCc1ccnc2ccccc12)NCC(O)c1ccco1. The van der Waals surface area contributed by atoms with Gasteiger partial charge in [0.1, 0.15) is 11.9 Å². The van der Waals surface area contributed by atoms with Crippen molar-refractivity contribution in [1.82, 2.24) is 15.6 Å². The van der Waals surface area contributed by atoms with Crippen LogP contribution < -0.4 is 10.6 Å². The molecule has 1 unspecified atom stereocenters. The Morgan fingerprint density at radius 2 is 2.08 bits per heavy atom. The molecule has 0 saturated heterocycles. The zero-order chi connectivity index (χ0) is 17.5. The summed E-state index contributed by atoms with van der Waals surface area (Å²) in [5.74, 6) is 1.18. The van der Waals surface area contributed by atoms with Gasteiger partial charge in [0, 0.05) is 18.1 Å². The molecule has 25 heavy (non-hydrogen) atoms. The Bertz CT molecular complexity index is 825. The first-order chi connectivity index (χ1) is 12.3. The summed E-state index contributed by atoms with van der Waals surface area (Å²) in [5.41, 5.74) is 2.07. The standard InChI is InChI=1S/C19H22N4O2/c1-2-20-19(23-13-17(24)18-8-5-11-25-18)22-12-14-9-10-21-16-7-4-3-6-15(14)16/h3-11,17,24H,2,12-13H2,1H3,(H2,20,22,23). The van der Waals surface area contributed by atoms with E-state index < -0.39 is 6.10 Å². The molecule has 0 aliphatic heterocycles. The van der Waals surface area contributed by atoms with Crippen LogP contribution in [0, 0.1) is 0 Å². The Hall–Kier alpha value is -2.86. The summed E-state index contributed by atoms with van der Waals surface area (Å²) in [6.45, 7) is 3.58. The third-order valence-electron chi connectivity index (χ3n) is 3.83. The van der Waals surface area contributed by atoms with Gasteiger partial charge >= 0.3 is 0 Å². The zero-order valence-electron chi connectivity index (χ0n) is 14.1. The number of fused-ring (bicyclic) bond motifs is 1. The van der Waals surface area contributed by atoms with Crippen molar-refractivity contribution in [3.63, 3.8) is 0 Å². The molecule has 0 aliphatic rings. The lowest BCUT2D eigenvalue weighted by Crippen LogP contribution is -2.39. The van der Waals surface area contributed by atoms with Crippen molar-refractivity contribution < 1.29 is 9.52 Å². The van der Waals surface area contributed by atoms with Gasteiger partial charge in [0.2, 0.25) is 0 Å². The van der Waals surface area contributed by atoms with Crippen LogP contribution in [-0.2, 0) is 6.54 Å². The molecule has 2 aromatic heterocycles. The van der Waals surface area contributed by atoms with Gasteiger partial charge in [-0.25, -0.2) is 4.99 Å². The molecule has 6 heteroatoms. The van der Waals surface area contributed by atoms with Crippen molar-refractivity contribution in [1.29, 1.82) is 0 Å². The lowest BCUT2D eigenvalue weighted by Gasteiger charge is -2.14. The molecule has 0 bridgehead atoms. The molecule has 3 N–H and O–H groups in total. The first-order valence-corrected chi connectivity index (χ1v) is 8.34. The number of guanidine groups is 1. The number of aliphatic hydroxyl groups excluding tert-OH is 1. The predicted octanol–water partition coefficient (Wildman–Crippen LogP) is 2.62. The second-order valence-corrected chi connectivity index (χ2v) is 5.59. The van der Waals surface area contributed by atoms with Crippen LogP contribution in [0.25, 0.3) is 10.9 Å². The third kappa shape index (κ3) is 4.36. The fraction of sp³-hybridized carbons (Fsp3) is 0.263. The van der Waals surface area contributed by atoms with E-state index in [-0.39, 0.29) is 0 Å². The maximum Gasteiger partial charge on any atom is 0.191 e. The normalized spacial score (nSPS) is 13.0. The maximum absolute atomic E-state index is 10.1. The number of aliphatic imine (C=N–C) groups is 1. The molecule has 6 nitrogen and oxygen atoms in total. The van der Waals surface area contributed by atoms with E-state index in [0.29, 0.717) is 24.8 Å². The highest BCUT2D eigenvalue weighted by molar-refractivity contribution is 5.83. The largest absolute Gasteiger partial charge is 0.467 e. The van der Waals surface area contributed by atoms with Gasteiger partial charge < -0.3 is 20.2 Å². The second kappa shape index (κ2) is 8.30. The summed E-state index contributed by atoms with van der Waals surface area (Å²) in [4.78, 5) is 8.98. The number of nitrogens with zero attached hydrogens (tertiary/aromatic N) is 2. The molecule has 1 atom stereocenters. The summed E-state index contributed by atoms with van der Waals surface area (Å²) in [6.07, 6.45) is 2.63. The molecule has 0 spiro atoms. The predicted molar refractivity (Wildman–Crippen MR) is 98.2 cm³/mol. The number of rotatable bonds is 6. The molecule has 130 valence electrons. The van der Waals surface area contributed by atoms with Crippen LogP contribution >= 0.6 is 0 Å². The molecule has 2 heterocycles. The number of hydrogen-bond donors (Lipinski definition) is 3. The van der Waals surface area contributed by atoms with Crippen LogP contribution in [0.1, 0.15) is 24.4 Å². The van der Waals surface area contributed by atoms with Gasteiger partial charge in [-0.1, -0.05) is 18.2 Å². The average Bonchev–Trinajstić information content (AvgIpc) is 3.18. The Labute approximate surface area is 146 Å². The number of hydrogen-bond acceptors (Lipinski definition) is 4. The van der Waals surface area contributed by atoms with Crippen molar-refractivity contribution in [2.24, 2.45) is 4.99 Å². The van der Waals surface area contributed by atoms with Gasteiger partial charge in [-0.2, -0.15) is 0 Å². The second-order valence-electron chi connectivity index (χ2n) is 5.59. The first kappa shape index (κ1) is 17.0. The monoisotopic (exact) mass is 338 g/mol. The Balaban J connectivity index is 1.69. The van der Waals surface area contributed by atoms with Crippen LogP contribution in [0.15, 0.2) is 64.3 Å². The number of aliphatic hydroxyl groups is 1. The van der Waals surface area contributed by atoms with Crippen LogP contribution in [-0.4, -0.2) is 29.1 Å². The molecule has 3 aromatic rings. The van der Waals surface area contributed by atoms with Crippen molar-refractivity contribution in [2.75, 3.05) is 13.1 Å². The lowest BCUT2D eigenvalue weighted by molar-refractivity contribution is 0.153. The minimum absolute atomic E-state index is 0.316. The van der Waals surface area contributed by atoms with E-state index in [2.05, 4.69) is 20.6 Å². The van der Waals surface area contributed by atoms with Crippen LogP contribution in [0.3, 0.4) is 0 Å². The number of pyridine rings is 1. The van der Waals surface area contributed by atoms with E-state index >= 15 is 0 Å². The summed E-state index contributed by atoms with van der Waals surface area (Å²) in [6, 6.07) is 13.5. The van der Waals surface area contributed by atoms with Gasteiger partial charge in [-0.15, -0.1) is 0 Å². The van der Waals surface area contributed by atoms with Gasteiger partial charge in [0.15, 0.2) is 5.96 Å². The van der Waals surface area contributed by atoms with Gasteiger partial charge in [0.25, 0.3) is 0 Å². The van der Waals surface area contributed by atoms with Gasteiger partial charge in [-0.3, -0.25) is 4.98 Å². The summed E-state index contributed by atoms with van der Waals surface area (Å²) in [7, 11) is 0. The van der Waals surface area contributed by atoms with Crippen molar-refractivity contribution >= 4 is 16.9 Å². The molecule has 0 fully saturated rings. The third-order valence-corrected chi connectivity index (χ3v) is 3.83. The van der Waals surface area contributed by atoms with E-state index in [1.54, 1.807) is 24.6 Å². The summed E-state index contributed by atoms with van der Waals surface area (Å²) in [5, 5.41) is 17.5. The molecule has 0 saturated carbocycles. The molecule has 0 amide bonds. The minimum Gasteiger partial charge on any atom is -0.467 e. The van der Waals surface area contributed by atoms with E-state index in [0.717, 1.165) is 23.0 Å². The highest BCUT2D eigenvalue weighted by atomic mass is 16.4. The fourth-order valence-corrected chi connectivity index (χ4v) is 2.57. The van der Waals surface area contributed by atoms with Crippen LogP contribution in [0.4, 0.5) is 0 Å². The van der Waals surface area contributed by atoms with E-state index in [9.17, 15) is 5.11 Å². The number of nitrogens with one attached hydrogen (secondary N) is 2. The Kier molecular flexibility index (Phi) is 5.64. The molecule has 0 radical (unpaired) electrons. The zero-order valence-corrected chi connectivity index (χ0v) is 14.1. The number of benzene rings is 1. The average molecular weight is 338 g/mol. The van der Waals surface area contributed by atoms with Crippen molar-refractivity contribution in [3.05, 3.63) is 66.2 Å². The van der Waals surface area contributed by atoms with E-state index in [4.69, 9.17) is 4.42 Å². The van der Waals surface area contributed by atoms with Gasteiger partial charge in [0.05, 0.1) is 24.9 Å². The highest BCUT2D eigenvalue weighted by Crippen LogP contribution is 2.17. The lowest BCUT2D eigenvalue weighted by atomic mass is 10.1. The smallest absolute Gasteiger partial charge is 0.191 e. The molecule has 3 rings (SSSR count). The summed E-state index contributed by atoms with van der Waals surface area (Å²) < 4.78 is 5.21. The molecule has 1 aromatic carbocycles. The number of aromatic nitrogens is 1. The maximum atomic E-state index is 10.1.